The number of aromatic nitrogens is 2. The van der Waals surface area contributed by atoms with Gasteiger partial charge in [0, 0.05) is 24.6 Å². The number of nitrogens with zero attached hydrogens (tertiary/aromatic N) is 3. The van der Waals surface area contributed by atoms with Crippen LogP contribution in [0.5, 0.6) is 0 Å². The largest absolute Gasteiger partial charge is 0.307 e. The molecule has 1 amide bonds. The van der Waals surface area contributed by atoms with Gasteiger partial charge in [-0.2, -0.15) is 0 Å². The van der Waals surface area contributed by atoms with E-state index in [0.717, 1.165) is 25.1 Å². The molecule has 0 N–H and O–H groups in total. The summed E-state index contributed by atoms with van der Waals surface area (Å²) < 4.78 is 0.489. The number of para-hydroxylation sites is 1. The van der Waals surface area contributed by atoms with Gasteiger partial charge in [-0.3, -0.25) is 4.79 Å². The molecule has 1 aliphatic rings. The summed E-state index contributed by atoms with van der Waals surface area (Å²) in [5.41, 5.74) is 2.55. The molecule has 19 heavy (non-hydrogen) atoms. The number of carbonyl (C=O) groups is 1. The zero-order chi connectivity index (χ0) is 13.2. The fourth-order valence-corrected chi connectivity index (χ4v) is 2.73. The number of fused-ring (bicyclic) bond motifs is 1. The lowest BCUT2D eigenvalue weighted by atomic mass is 10.0. The number of aryl methyl sites for hydroxylation is 1. The molecular weight excluding hydrogens is 306 g/mol. The van der Waals surface area contributed by atoms with Crippen molar-refractivity contribution in [3.8, 4) is 0 Å². The lowest BCUT2D eigenvalue weighted by molar-refractivity contribution is 0.0979. The van der Waals surface area contributed by atoms with Crippen LogP contribution in [0.4, 0.5) is 5.69 Å². The SMILES string of the molecule is O=C(c1nccnc1Br)N1CCCc2ccccc21. The monoisotopic (exact) mass is 317 g/mol. The van der Waals surface area contributed by atoms with Crippen molar-refractivity contribution in [3.05, 3.63) is 52.5 Å². The van der Waals surface area contributed by atoms with E-state index in [1.54, 1.807) is 11.1 Å². The second kappa shape index (κ2) is 5.09. The van der Waals surface area contributed by atoms with E-state index in [-0.39, 0.29) is 5.91 Å². The quantitative estimate of drug-likeness (QED) is 0.812. The number of hydrogen-bond acceptors (Lipinski definition) is 3. The molecule has 0 bridgehead atoms. The van der Waals surface area contributed by atoms with E-state index in [9.17, 15) is 4.79 Å². The van der Waals surface area contributed by atoms with Gasteiger partial charge in [-0.25, -0.2) is 9.97 Å². The van der Waals surface area contributed by atoms with Gasteiger partial charge in [-0.1, -0.05) is 18.2 Å². The maximum atomic E-state index is 12.6. The molecule has 0 saturated heterocycles. The average Bonchev–Trinajstić information content (AvgIpc) is 2.46. The van der Waals surface area contributed by atoms with Gasteiger partial charge in [-0.15, -0.1) is 0 Å². The number of amides is 1. The fraction of sp³-hybridized carbons (Fsp3) is 0.214. The second-order valence-electron chi connectivity index (χ2n) is 4.38. The van der Waals surface area contributed by atoms with Crippen molar-refractivity contribution in [1.29, 1.82) is 0 Å². The number of benzene rings is 1. The molecule has 3 rings (SSSR count). The Labute approximate surface area is 119 Å². The Morgan fingerprint density at radius 2 is 2.00 bits per heavy atom. The van der Waals surface area contributed by atoms with Crippen LogP contribution < -0.4 is 4.90 Å². The highest BCUT2D eigenvalue weighted by atomic mass is 79.9. The van der Waals surface area contributed by atoms with Crippen molar-refractivity contribution in [2.24, 2.45) is 0 Å². The molecule has 0 radical (unpaired) electrons. The van der Waals surface area contributed by atoms with E-state index in [1.165, 1.54) is 11.8 Å². The Kier molecular flexibility index (Phi) is 3.29. The Hall–Kier alpha value is -1.75. The minimum Gasteiger partial charge on any atom is -0.307 e. The third-order valence-corrected chi connectivity index (χ3v) is 3.79. The van der Waals surface area contributed by atoms with Gasteiger partial charge in [0.1, 0.15) is 4.60 Å². The number of carbonyl (C=O) groups excluding carboxylic acids is 1. The number of hydrogen-bond donors (Lipinski definition) is 0. The molecule has 0 spiro atoms. The van der Waals surface area contributed by atoms with Crippen LogP contribution in [-0.2, 0) is 6.42 Å². The highest BCUT2D eigenvalue weighted by Gasteiger charge is 2.25. The van der Waals surface area contributed by atoms with E-state index >= 15 is 0 Å². The Morgan fingerprint density at radius 1 is 1.21 bits per heavy atom. The highest BCUT2D eigenvalue weighted by molar-refractivity contribution is 9.10. The summed E-state index contributed by atoms with van der Waals surface area (Å²) in [5.74, 6) is -0.105. The Morgan fingerprint density at radius 3 is 2.84 bits per heavy atom. The average molecular weight is 318 g/mol. The van der Waals surface area contributed by atoms with Gasteiger partial charge in [0.05, 0.1) is 0 Å². The van der Waals surface area contributed by atoms with Gasteiger partial charge in [-0.05, 0) is 40.4 Å². The lowest BCUT2D eigenvalue weighted by Gasteiger charge is -2.29. The van der Waals surface area contributed by atoms with E-state index in [2.05, 4.69) is 32.0 Å². The van der Waals surface area contributed by atoms with E-state index < -0.39 is 0 Å². The predicted molar refractivity (Wildman–Crippen MR) is 76.2 cm³/mol. The van der Waals surface area contributed by atoms with Crippen molar-refractivity contribution >= 4 is 27.5 Å². The van der Waals surface area contributed by atoms with Crippen molar-refractivity contribution < 1.29 is 4.79 Å². The van der Waals surface area contributed by atoms with Gasteiger partial charge in [0.25, 0.3) is 5.91 Å². The van der Waals surface area contributed by atoms with Crippen molar-refractivity contribution in [3.63, 3.8) is 0 Å². The third kappa shape index (κ3) is 2.26. The summed E-state index contributed by atoms with van der Waals surface area (Å²) in [6.07, 6.45) is 5.08. The molecule has 2 heterocycles. The van der Waals surface area contributed by atoms with Gasteiger partial charge in [0.15, 0.2) is 5.69 Å². The molecule has 2 aromatic rings. The minimum absolute atomic E-state index is 0.105. The summed E-state index contributed by atoms with van der Waals surface area (Å²) in [4.78, 5) is 22.5. The third-order valence-electron chi connectivity index (χ3n) is 3.21. The van der Waals surface area contributed by atoms with Crippen LogP contribution in [0, 0.1) is 0 Å². The maximum absolute atomic E-state index is 12.6. The maximum Gasteiger partial charge on any atom is 0.279 e. The smallest absolute Gasteiger partial charge is 0.279 e. The van der Waals surface area contributed by atoms with Gasteiger partial charge in [0.2, 0.25) is 0 Å². The fourth-order valence-electron chi connectivity index (χ4n) is 2.34. The van der Waals surface area contributed by atoms with Crippen LogP contribution in [-0.4, -0.2) is 22.4 Å². The van der Waals surface area contributed by atoms with Crippen molar-refractivity contribution in [2.75, 3.05) is 11.4 Å². The standard InChI is InChI=1S/C14H12BrN3O/c15-13-12(16-7-8-17-13)14(19)18-9-3-5-10-4-1-2-6-11(10)18/h1-2,4,6-8H,3,5,9H2. The summed E-state index contributed by atoms with van der Waals surface area (Å²) in [7, 11) is 0. The molecule has 1 aliphatic heterocycles. The Bertz CT molecular complexity index is 630. The Balaban J connectivity index is 2.00. The molecule has 96 valence electrons. The number of rotatable bonds is 1. The van der Waals surface area contributed by atoms with Crippen LogP contribution in [0.2, 0.25) is 0 Å². The predicted octanol–water partition coefficient (Wildman–Crippen LogP) is 2.83. The van der Waals surface area contributed by atoms with Crippen LogP contribution in [0.1, 0.15) is 22.5 Å². The van der Waals surface area contributed by atoms with Gasteiger partial charge >= 0.3 is 0 Å². The van der Waals surface area contributed by atoms with Crippen LogP contribution in [0.15, 0.2) is 41.3 Å². The van der Waals surface area contributed by atoms with Gasteiger partial charge < -0.3 is 4.90 Å². The molecular formula is C14H12BrN3O. The summed E-state index contributed by atoms with van der Waals surface area (Å²) in [6.45, 7) is 0.721. The first-order valence-corrected chi connectivity index (χ1v) is 6.93. The topological polar surface area (TPSA) is 46.1 Å². The van der Waals surface area contributed by atoms with Crippen molar-refractivity contribution in [1.82, 2.24) is 9.97 Å². The van der Waals surface area contributed by atoms with Crippen molar-refractivity contribution in [2.45, 2.75) is 12.8 Å². The van der Waals surface area contributed by atoms with E-state index in [4.69, 9.17) is 0 Å². The molecule has 0 fully saturated rings. The molecule has 1 aromatic carbocycles. The normalized spacial score (nSPS) is 14.1. The van der Waals surface area contributed by atoms with E-state index in [1.807, 2.05) is 18.2 Å². The summed E-state index contributed by atoms with van der Waals surface area (Å²) in [5, 5.41) is 0. The van der Waals surface area contributed by atoms with Crippen LogP contribution >= 0.6 is 15.9 Å². The number of anilines is 1. The lowest BCUT2D eigenvalue weighted by Crippen LogP contribution is -2.36. The van der Waals surface area contributed by atoms with Crippen LogP contribution in [0.25, 0.3) is 0 Å². The summed E-state index contributed by atoms with van der Waals surface area (Å²) >= 11 is 3.28. The highest BCUT2D eigenvalue weighted by Crippen LogP contribution is 2.28. The molecule has 0 unspecified atom stereocenters. The first-order valence-electron chi connectivity index (χ1n) is 6.13. The zero-order valence-corrected chi connectivity index (χ0v) is 11.8. The molecule has 1 aromatic heterocycles. The molecule has 4 nitrogen and oxygen atoms in total. The number of halogens is 1. The first kappa shape index (κ1) is 12.3. The first-order chi connectivity index (χ1) is 9.27. The molecule has 0 saturated carbocycles. The zero-order valence-electron chi connectivity index (χ0n) is 10.2. The van der Waals surface area contributed by atoms with Crippen LogP contribution in [0.3, 0.4) is 0 Å². The molecule has 0 atom stereocenters. The molecule has 0 aliphatic carbocycles. The summed E-state index contributed by atoms with van der Waals surface area (Å²) in [6, 6.07) is 8.01. The molecule has 5 heteroatoms. The second-order valence-corrected chi connectivity index (χ2v) is 5.14. The van der Waals surface area contributed by atoms with E-state index in [0.29, 0.717) is 10.3 Å². The minimum atomic E-state index is -0.105.